The molecule has 4 rings (SSSR count). The molecule has 7 heteroatoms. The molecule has 2 aliphatic rings. The average Bonchev–Trinajstić information content (AvgIpc) is 2.90. The fourth-order valence-electron chi connectivity index (χ4n) is 3.14. The second-order valence-electron chi connectivity index (χ2n) is 5.94. The van der Waals surface area contributed by atoms with Crippen molar-refractivity contribution < 1.29 is 24.6 Å². The lowest BCUT2D eigenvalue weighted by atomic mass is 9.87. The van der Waals surface area contributed by atoms with E-state index in [1.54, 1.807) is 42.5 Å². The molecule has 25 heavy (non-hydrogen) atoms. The minimum atomic E-state index is -1.80. The normalized spacial score (nSPS) is 21.6. The molecule has 0 saturated heterocycles. The smallest absolute Gasteiger partial charge is 0.261 e. The molecule has 3 N–H and O–H groups in total. The van der Waals surface area contributed by atoms with Crippen LogP contribution in [0.4, 0.5) is 5.69 Å². The number of carbonyl (C=O) groups is 1. The Morgan fingerprint density at radius 2 is 1.92 bits per heavy atom. The van der Waals surface area contributed by atoms with Gasteiger partial charge in [-0.3, -0.25) is 4.79 Å². The van der Waals surface area contributed by atoms with Crippen molar-refractivity contribution in [3.05, 3.63) is 53.6 Å². The van der Waals surface area contributed by atoms with Gasteiger partial charge in [0.05, 0.1) is 5.71 Å². The summed E-state index contributed by atoms with van der Waals surface area (Å²) in [7, 11) is 0. The van der Waals surface area contributed by atoms with Gasteiger partial charge in [-0.1, -0.05) is 23.4 Å². The molecule has 0 aliphatic carbocycles. The van der Waals surface area contributed by atoms with Gasteiger partial charge in [0.2, 0.25) is 0 Å². The van der Waals surface area contributed by atoms with Gasteiger partial charge in [-0.25, -0.2) is 0 Å². The number of nitrogens with zero attached hydrogens (tertiary/aromatic N) is 1. The highest BCUT2D eigenvalue weighted by molar-refractivity contribution is 6.10. The summed E-state index contributed by atoms with van der Waals surface area (Å²) in [6, 6.07) is 12.0. The van der Waals surface area contributed by atoms with Crippen LogP contribution in [-0.2, 0) is 10.4 Å². The van der Waals surface area contributed by atoms with Crippen molar-refractivity contribution in [2.75, 3.05) is 18.5 Å². The molecule has 2 heterocycles. The van der Waals surface area contributed by atoms with E-state index in [0.29, 0.717) is 41.5 Å². The van der Waals surface area contributed by atoms with Crippen molar-refractivity contribution in [1.29, 1.82) is 0 Å². The number of nitrogens with one attached hydrogen (secondary N) is 1. The van der Waals surface area contributed by atoms with Gasteiger partial charge in [-0.2, -0.15) is 0 Å². The van der Waals surface area contributed by atoms with Gasteiger partial charge in [-0.15, -0.1) is 0 Å². The van der Waals surface area contributed by atoms with Gasteiger partial charge < -0.3 is 25.1 Å². The summed E-state index contributed by atoms with van der Waals surface area (Å²) in [4.78, 5) is 12.3. The SMILES string of the molecule is O=C1Nc2ccccc2[C@@]1(O)CC(=NO)c1ccc2c(c1)OCCO2. The molecule has 0 aromatic heterocycles. The number of para-hydroxylation sites is 1. The number of fused-ring (bicyclic) bond motifs is 2. The third kappa shape index (κ3) is 2.49. The number of amides is 1. The maximum Gasteiger partial charge on any atom is 0.261 e. The first-order valence-corrected chi connectivity index (χ1v) is 7.86. The first-order chi connectivity index (χ1) is 12.1. The number of benzene rings is 2. The van der Waals surface area contributed by atoms with Gasteiger partial charge in [-0.05, 0) is 24.3 Å². The van der Waals surface area contributed by atoms with Crippen molar-refractivity contribution in [1.82, 2.24) is 0 Å². The van der Waals surface area contributed by atoms with Crippen LogP contribution in [0.25, 0.3) is 0 Å². The topological polar surface area (TPSA) is 100 Å². The molecule has 2 aromatic carbocycles. The predicted octanol–water partition coefficient (Wildman–Crippen LogP) is 1.87. The highest BCUT2D eigenvalue weighted by Gasteiger charge is 2.46. The Labute approximate surface area is 143 Å². The van der Waals surface area contributed by atoms with Crippen molar-refractivity contribution in [2.24, 2.45) is 5.16 Å². The van der Waals surface area contributed by atoms with Crippen LogP contribution in [0.2, 0.25) is 0 Å². The molecule has 0 radical (unpaired) electrons. The zero-order valence-corrected chi connectivity index (χ0v) is 13.2. The first kappa shape index (κ1) is 15.5. The van der Waals surface area contributed by atoms with E-state index in [4.69, 9.17) is 9.47 Å². The summed E-state index contributed by atoms with van der Waals surface area (Å²) in [5, 5.41) is 26.4. The average molecular weight is 340 g/mol. The number of anilines is 1. The van der Waals surface area contributed by atoms with Gasteiger partial charge in [0, 0.05) is 23.2 Å². The Balaban J connectivity index is 1.68. The van der Waals surface area contributed by atoms with Gasteiger partial charge >= 0.3 is 0 Å². The van der Waals surface area contributed by atoms with E-state index in [0.717, 1.165) is 0 Å². The maximum atomic E-state index is 12.3. The Kier molecular flexibility index (Phi) is 3.58. The number of ether oxygens (including phenoxy) is 2. The van der Waals surface area contributed by atoms with E-state index < -0.39 is 11.5 Å². The largest absolute Gasteiger partial charge is 0.486 e. The summed E-state index contributed by atoms with van der Waals surface area (Å²) in [6.45, 7) is 0.909. The second kappa shape index (κ2) is 5.78. The molecule has 1 atom stereocenters. The van der Waals surface area contributed by atoms with E-state index in [1.807, 2.05) is 0 Å². The highest BCUT2D eigenvalue weighted by Crippen LogP contribution is 2.39. The number of hydrogen-bond acceptors (Lipinski definition) is 6. The third-order valence-corrected chi connectivity index (χ3v) is 4.42. The quantitative estimate of drug-likeness (QED) is 0.450. The minimum absolute atomic E-state index is 0.173. The van der Waals surface area contributed by atoms with E-state index in [-0.39, 0.29) is 12.1 Å². The van der Waals surface area contributed by atoms with Gasteiger partial charge in [0.15, 0.2) is 17.1 Å². The molecule has 0 saturated carbocycles. The lowest BCUT2D eigenvalue weighted by molar-refractivity contribution is -0.132. The van der Waals surface area contributed by atoms with Gasteiger partial charge in [0.1, 0.15) is 13.2 Å². The molecule has 2 aromatic rings. The van der Waals surface area contributed by atoms with Crippen LogP contribution in [0.1, 0.15) is 17.5 Å². The van der Waals surface area contributed by atoms with Crippen LogP contribution < -0.4 is 14.8 Å². The van der Waals surface area contributed by atoms with Crippen LogP contribution in [0.5, 0.6) is 11.5 Å². The summed E-state index contributed by atoms with van der Waals surface area (Å²) in [5.74, 6) is 0.593. The standard InChI is InChI=1S/C18H16N2O5/c21-17-18(22,12-3-1-2-4-13(12)19-17)10-14(20-23)11-5-6-15-16(9-11)25-8-7-24-15/h1-6,9,22-23H,7-8,10H2,(H,19,21)/t18-/m0/s1. The molecule has 1 amide bonds. The van der Waals surface area contributed by atoms with Crippen LogP contribution in [0, 0.1) is 0 Å². The van der Waals surface area contributed by atoms with Crippen LogP contribution >= 0.6 is 0 Å². The van der Waals surface area contributed by atoms with Crippen molar-refractivity contribution >= 4 is 17.3 Å². The lowest BCUT2D eigenvalue weighted by Crippen LogP contribution is -2.36. The van der Waals surface area contributed by atoms with Crippen LogP contribution in [-0.4, -0.2) is 35.1 Å². The molecule has 2 aliphatic heterocycles. The van der Waals surface area contributed by atoms with Crippen molar-refractivity contribution in [3.63, 3.8) is 0 Å². The van der Waals surface area contributed by atoms with E-state index in [1.165, 1.54) is 0 Å². The summed E-state index contributed by atoms with van der Waals surface area (Å²) < 4.78 is 11.0. The maximum absolute atomic E-state index is 12.3. The second-order valence-corrected chi connectivity index (χ2v) is 5.94. The summed E-state index contributed by atoms with van der Waals surface area (Å²) in [5.41, 5.74) is -0.0809. The van der Waals surface area contributed by atoms with Crippen LogP contribution in [0.15, 0.2) is 47.6 Å². The van der Waals surface area contributed by atoms with E-state index >= 15 is 0 Å². The zero-order valence-electron chi connectivity index (χ0n) is 13.2. The Morgan fingerprint density at radius 3 is 2.72 bits per heavy atom. The molecule has 0 unspecified atom stereocenters. The van der Waals surface area contributed by atoms with E-state index in [9.17, 15) is 15.1 Å². The monoisotopic (exact) mass is 340 g/mol. The summed E-state index contributed by atoms with van der Waals surface area (Å²) in [6.07, 6.45) is -0.175. The molecule has 0 bridgehead atoms. The molecule has 0 fully saturated rings. The predicted molar refractivity (Wildman–Crippen MR) is 89.3 cm³/mol. The first-order valence-electron chi connectivity index (χ1n) is 7.86. The molecule has 128 valence electrons. The number of rotatable bonds is 3. The zero-order chi connectivity index (χ0) is 17.4. The molecule has 7 nitrogen and oxygen atoms in total. The van der Waals surface area contributed by atoms with Crippen LogP contribution in [0.3, 0.4) is 0 Å². The van der Waals surface area contributed by atoms with Crippen molar-refractivity contribution in [3.8, 4) is 11.5 Å². The van der Waals surface area contributed by atoms with Gasteiger partial charge in [0.25, 0.3) is 5.91 Å². The minimum Gasteiger partial charge on any atom is -0.486 e. The third-order valence-electron chi connectivity index (χ3n) is 4.42. The number of hydrogen-bond donors (Lipinski definition) is 3. The number of carbonyl (C=O) groups excluding carboxylic acids is 1. The summed E-state index contributed by atoms with van der Waals surface area (Å²) >= 11 is 0. The molecule has 0 spiro atoms. The Morgan fingerprint density at radius 1 is 1.16 bits per heavy atom. The van der Waals surface area contributed by atoms with E-state index in [2.05, 4.69) is 10.5 Å². The Bertz CT molecular complexity index is 880. The molecular weight excluding hydrogens is 324 g/mol. The Hall–Kier alpha value is -3.06. The molecular formula is C18H16N2O5. The number of aliphatic hydroxyl groups is 1. The number of oxime groups is 1. The fraction of sp³-hybridized carbons (Fsp3) is 0.222. The highest BCUT2D eigenvalue weighted by atomic mass is 16.6. The lowest BCUT2D eigenvalue weighted by Gasteiger charge is -2.22. The fourth-order valence-corrected chi connectivity index (χ4v) is 3.14. The van der Waals surface area contributed by atoms with Crippen molar-refractivity contribution in [2.45, 2.75) is 12.0 Å².